The lowest BCUT2D eigenvalue weighted by atomic mass is 9.32. The lowest BCUT2D eigenvalue weighted by Crippen LogP contribution is -2.66. The largest absolute Gasteiger partial charge is 0.481 e. The van der Waals surface area contributed by atoms with Crippen molar-refractivity contribution in [2.45, 2.75) is 119 Å². The summed E-state index contributed by atoms with van der Waals surface area (Å²) in [6.45, 7) is 20.9. The lowest BCUT2D eigenvalue weighted by Gasteiger charge is -2.72. The second-order valence-electron chi connectivity index (χ2n) is 20.3. The number of hydrogen-bond acceptors (Lipinski definition) is 5. The molecule has 0 aromatic carbocycles. The van der Waals surface area contributed by atoms with E-state index in [0.29, 0.717) is 62.7 Å². The predicted molar refractivity (Wildman–Crippen MR) is 209 cm³/mol. The summed E-state index contributed by atoms with van der Waals surface area (Å²) in [5.41, 5.74) is 2.52. The third-order valence-corrected chi connectivity index (χ3v) is 19.5. The number of sulfone groups is 1. The fourth-order valence-corrected chi connectivity index (χ4v) is 16.0. The van der Waals surface area contributed by atoms with Gasteiger partial charge in [0.05, 0.1) is 22.3 Å². The van der Waals surface area contributed by atoms with Crippen molar-refractivity contribution >= 4 is 21.7 Å². The monoisotopic (exact) mass is 754 g/mol. The van der Waals surface area contributed by atoms with Crippen molar-refractivity contribution in [2.75, 3.05) is 44.4 Å². The van der Waals surface area contributed by atoms with Crippen molar-refractivity contribution in [3.05, 3.63) is 35.5 Å². The van der Waals surface area contributed by atoms with Crippen LogP contribution in [0.1, 0.15) is 119 Å². The second-order valence-corrected chi connectivity index (χ2v) is 22.6. The van der Waals surface area contributed by atoms with Crippen LogP contribution in [0.25, 0.3) is 0 Å². The van der Waals surface area contributed by atoms with Crippen LogP contribution in [-0.4, -0.2) is 74.7 Å². The van der Waals surface area contributed by atoms with Crippen LogP contribution in [0.15, 0.2) is 35.5 Å². The Labute approximate surface area is 319 Å². The molecule has 0 radical (unpaired) electrons. The van der Waals surface area contributed by atoms with Gasteiger partial charge in [-0.3, -0.25) is 14.5 Å². The number of carbonyl (C=O) groups is 2. The minimum Gasteiger partial charge on any atom is -0.481 e. The molecule has 0 aromatic heterocycles. The van der Waals surface area contributed by atoms with Gasteiger partial charge in [0.2, 0.25) is 5.91 Å². The van der Waals surface area contributed by atoms with E-state index in [1.54, 1.807) is 0 Å². The number of carbonyl (C=O) groups excluding carboxylic acids is 1. The maximum Gasteiger partial charge on any atom is 0.312 e. The van der Waals surface area contributed by atoms with Gasteiger partial charge < -0.3 is 10.4 Å². The van der Waals surface area contributed by atoms with Gasteiger partial charge in [0.25, 0.3) is 0 Å². The van der Waals surface area contributed by atoms with E-state index >= 15 is 0 Å². The van der Waals surface area contributed by atoms with Crippen LogP contribution in [0, 0.1) is 62.1 Å². The highest BCUT2D eigenvalue weighted by Crippen LogP contribution is 2.77. The number of hydrogen-bond donors (Lipinski definition) is 2. The second kappa shape index (κ2) is 13.3. The molecule has 5 fully saturated rings. The first kappa shape index (κ1) is 39.2. The summed E-state index contributed by atoms with van der Waals surface area (Å²) in [4.78, 5) is 28.7. The number of nitrogens with one attached hydrogen (secondary N) is 1. The molecular weight excluding hydrogens is 688 g/mol. The summed E-state index contributed by atoms with van der Waals surface area (Å²) in [6.07, 6.45) is 15.4. The van der Waals surface area contributed by atoms with Gasteiger partial charge in [-0.15, -0.1) is 0 Å². The van der Waals surface area contributed by atoms with E-state index in [2.05, 4.69) is 70.5 Å². The van der Waals surface area contributed by atoms with E-state index < -0.39 is 27.9 Å². The molecule has 53 heavy (non-hydrogen) atoms. The molecule has 1 amide bonds. The Morgan fingerprint density at radius 3 is 2.26 bits per heavy atom. The Hall–Kier alpha value is -2.00. The predicted octanol–water partition coefficient (Wildman–Crippen LogP) is 8.18. The van der Waals surface area contributed by atoms with Gasteiger partial charge in [-0.1, -0.05) is 58.9 Å². The first-order chi connectivity index (χ1) is 24.8. The summed E-state index contributed by atoms with van der Waals surface area (Å²) >= 11 is 0. The summed E-state index contributed by atoms with van der Waals surface area (Å²) in [5, 5.41) is 13.2. The SMILES string of the molecule is C=C(C)[C@H]1CC[C@]2(C(=O)NCCN3CCS(=O)(=O)CC3)CC[C@]3(C)[C@H](CC[C@@H]4C5(C)CC=C(C6=CCC(CF)(C(=O)O)CC6)C(C)(C)[C@@H]5CC[C@]43C)[C@@H]12. The molecule has 1 heterocycles. The molecule has 2 N–H and O–H groups in total. The van der Waals surface area contributed by atoms with Crippen LogP contribution in [0.2, 0.25) is 0 Å². The number of aliphatic carboxylic acids is 1. The summed E-state index contributed by atoms with van der Waals surface area (Å²) in [5.74, 6) is 1.78. The average molecular weight is 755 g/mol. The minimum atomic E-state index is -2.93. The van der Waals surface area contributed by atoms with Crippen molar-refractivity contribution in [1.29, 1.82) is 0 Å². The van der Waals surface area contributed by atoms with E-state index in [1.165, 1.54) is 29.6 Å². The molecule has 0 aromatic rings. The highest BCUT2D eigenvalue weighted by atomic mass is 32.2. The number of fused-ring (bicyclic) bond motifs is 7. The molecule has 1 saturated heterocycles. The third kappa shape index (κ3) is 5.88. The van der Waals surface area contributed by atoms with E-state index in [4.69, 9.17) is 0 Å². The Kier molecular flexibility index (Phi) is 9.85. The van der Waals surface area contributed by atoms with Crippen molar-refractivity contribution in [2.24, 2.45) is 62.1 Å². The number of rotatable bonds is 8. The normalized spacial score (nSPS) is 44.6. The molecule has 6 aliphatic carbocycles. The Morgan fingerprint density at radius 2 is 1.64 bits per heavy atom. The number of alkyl halides is 1. The number of carboxylic acid groups (broad SMARTS) is 1. The van der Waals surface area contributed by atoms with Crippen LogP contribution in [0.3, 0.4) is 0 Å². The fraction of sp³-hybridized carbons (Fsp3) is 0.818. The number of amides is 1. The topological polar surface area (TPSA) is 104 Å². The van der Waals surface area contributed by atoms with E-state index in [1.807, 2.05) is 0 Å². The van der Waals surface area contributed by atoms with Crippen molar-refractivity contribution in [3.8, 4) is 0 Å². The van der Waals surface area contributed by atoms with Gasteiger partial charge in [-0.2, -0.15) is 0 Å². The third-order valence-electron chi connectivity index (χ3n) is 17.9. The van der Waals surface area contributed by atoms with Crippen molar-refractivity contribution in [1.82, 2.24) is 10.2 Å². The number of allylic oxidation sites excluding steroid dienone is 5. The molecule has 10 atom stereocenters. The number of halogens is 1. The average Bonchev–Trinajstić information content (AvgIpc) is 3.50. The quantitative estimate of drug-likeness (QED) is 0.243. The molecule has 296 valence electrons. The highest BCUT2D eigenvalue weighted by molar-refractivity contribution is 7.91. The molecule has 0 spiro atoms. The van der Waals surface area contributed by atoms with Crippen LogP contribution in [0.5, 0.6) is 0 Å². The molecule has 7 nitrogen and oxygen atoms in total. The molecule has 7 aliphatic rings. The maximum atomic E-state index is 14.5. The van der Waals surface area contributed by atoms with Crippen molar-refractivity contribution < 1.29 is 27.5 Å². The van der Waals surface area contributed by atoms with Crippen molar-refractivity contribution in [3.63, 3.8) is 0 Å². The van der Waals surface area contributed by atoms with Gasteiger partial charge in [0.15, 0.2) is 9.84 Å². The standard InChI is InChI=1S/C44H67FN2O5S/c1-29(2)31-12-19-44(37(48)46-22-23-47-24-26-53(51,52)27-25-47)21-20-41(6)33(36(31)44)8-9-35-40(5)15-13-32(39(3,4)34(40)14-16-42(35,41)7)30-10-17-43(28-45,18-11-30)38(49)50/h10,13,31,33-36H,1,8-9,11-12,14-28H2,2-7H3,(H,46,48)(H,49,50)/t31-,33-,34+,35-,36-,40?,41-,42-,43?,44+/m1/s1. The maximum absolute atomic E-state index is 14.5. The Morgan fingerprint density at radius 1 is 0.925 bits per heavy atom. The zero-order chi connectivity index (χ0) is 38.4. The van der Waals surface area contributed by atoms with Crippen LogP contribution in [-0.2, 0) is 19.4 Å². The molecular formula is C44H67FN2O5S. The highest BCUT2D eigenvalue weighted by Gasteiger charge is 2.71. The van der Waals surface area contributed by atoms with Gasteiger partial charge in [0, 0.05) is 26.2 Å². The summed E-state index contributed by atoms with van der Waals surface area (Å²) in [6, 6.07) is 0. The van der Waals surface area contributed by atoms with E-state index in [-0.39, 0.29) is 56.8 Å². The fourth-order valence-electron chi connectivity index (χ4n) is 14.7. The van der Waals surface area contributed by atoms with Gasteiger partial charge in [0.1, 0.15) is 6.67 Å². The smallest absolute Gasteiger partial charge is 0.312 e. The summed E-state index contributed by atoms with van der Waals surface area (Å²) < 4.78 is 37.9. The molecule has 9 heteroatoms. The van der Waals surface area contributed by atoms with Crippen LogP contribution >= 0.6 is 0 Å². The molecule has 1 aliphatic heterocycles. The zero-order valence-corrected chi connectivity index (χ0v) is 34.3. The Bertz CT molecular complexity index is 1690. The van der Waals surface area contributed by atoms with Gasteiger partial charge in [-0.25, -0.2) is 12.8 Å². The van der Waals surface area contributed by atoms with Crippen LogP contribution in [0.4, 0.5) is 4.39 Å². The molecule has 2 unspecified atom stereocenters. The van der Waals surface area contributed by atoms with Crippen LogP contribution < -0.4 is 5.32 Å². The number of nitrogens with zero attached hydrogens (tertiary/aromatic N) is 1. The number of carboxylic acids is 1. The van der Waals surface area contributed by atoms with Gasteiger partial charge >= 0.3 is 5.97 Å². The molecule has 0 bridgehead atoms. The lowest BCUT2D eigenvalue weighted by molar-refractivity contribution is -0.226. The van der Waals surface area contributed by atoms with E-state index in [0.717, 1.165) is 44.9 Å². The molecule has 7 rings (SSSR count). The first-order valence-electron chi connectivity index (χ1n) is 20.9. The minimum absolute atomic E-state index is 0.0599. The van der Waals surface area contributed by atoms with Gasteiger partial charge in [-0.05, 0) is 146 Å². The first-order valence-corrected chi connectivity index (χ1v) is 22.7. The Balaban J connectivity index is 1.13. The molecule has 4 saturated carbocycles. The summed E-state index contributed by atoms with van der Waals surface area (Å²) in [7, 11) is -2.93. The van der Waals surface area contributed by atoms with E-state index in [9.17, 15) is 27.5 Å². The zero-order valence-electron chi connectivity index (χ0n) is 33.5.